The van der Waals surface area contributed by atoms with Crippen molar-refractivity contribution in [2.75, 3.05) is 24.3 Å². The second-order valence-electron chi connectivity index (χ2n) is 4.14. The lowest BCUT2D eigenvalue weighted by Gasteiger charge is -2.24. The summed E-state index contributed by atoms with van der Waals surface area (Å²) in [6, 6.07) is 7.00. The van der Waals surface area contributed by atoms with Gasteiger partial charge in [-0.1, -0.05) is 6.07 Å². The highest BCUT2D eigenvalue weighted by molar-refractivity contribution is 7.09. The van der Waals surface area contributed by atoms with E-state index < -0.39 is 0 Å². The number of ether oxygens (including phenoxy) is 1. The summed E-state index contributed by atoms with van der Waals surface area (Å²) in [5, 5.41) is 2.02. The normalized spacial score (nSPS) is 10.5. The van der Waals surface area contributed by atoms with Gasteiger partial charge in [0.25, 0.3) is 0 Å². The smallest absolute Gasteiger partial charge is 0.148 e. The highest BCUT2D eigenvalue weighted by Gasteiger charge is 2.14. The minimum absolute atomic E-state index is 0.316. The number of hydrogen-bond acceptors (Lipinski definition) is 4. The summed E-state index contributed by atoms with van der Waals surface area (Å²) < 4.78 is 19.2. The number of rotatable bonds is 5. The van der Waals surface area contributed by atoms with E-state index in [4.69, 9.17) is 10.5 Å². The first-order chi connectivity index (χ1) is 9.15. The molecule has 0 bridgehead atoms. The molecule has 0 saturated heterocycles. The van der Waals surface area contributed by atoms with E-state index in [1.54, 1.807) is 17.4 Å². The number of anilines is 2. The Balaban J connectivity index is 2.32. The van der Waals surface area contributed by atoms with Crippen LogP contribution in [0.3, 0.4) is 0 Å². The molecule has 0 unspecified atom stereocenters. The zero-order chi connectivity index (χ0) is 13.8. The van der Waals surface area contributed by atoms with Crippen molar-refractivity contribution >= 4 is 22.7 Å². The lowest BCUT2D eigenvalue weighted by atomic mass is 10.2. The first kappa shape index (κ1) is 13.7. The van der Waals surface area contributed by atoms with E-state index in [0.717, 1.165) is 0 Å². The number of nitrogens with two attached hydrogens (primary N) is 1. The molecule has 0 aliphatic rings. The standard InChI is InChI=1S/C14H17FN2OS/c1-3-17(9-10-5-4-6-19-10)13-8-14(18-2)12(16)7-11(13)15/h4-8H,3,9,16H2,1-2H3. The van der Waals surface area contributed by atoms with Crippen LogP contribution in [0.25, 0.3) is 0 Å². The summed E-state index contributed by atoms with van der Waals surface area (Å²) in [5.41, 5.74) is 6.53. The summed E-state index contributed by atoms with van der Waals surface area (Å²) in [6.45, 7) is 3.38. The van der Waals surface area contributed by atoms with Crippen molar-refractivity contribution < 1.29 is 9.13 Å². The van der Waals surface area contributed by atoms with E-state index in [1.165, 1.54) is 18.1 Å². The molecular weight excluding hydrogens is 263 g/mol. The Hall–Kier alpha value is -1.75. The molecule has 2 N–H and O–H groups in total. The molecule has 1 aromatic heterocycles. The fourth-order valence-electron chi connectivity index (χ4n) is 1.94. The van der Waals surface area contributed by atoms with Crippen LogP contribution in [-0.4, -0.2) is 13.7 Å². The maximum atomic E-state index is 14.1. The molecule has 0 saturated carbocycles. The summed E-state index contributed by atoms with van der Waals surface area (Å²) in [7, 11) is 1.53. The second-order valence-corrected chi connectivity index (χ2v) is 5.17. The molecule has 0 spiro atoms. The molecule has 5 heteroatoms. The van der Waals surface area contributed by atoms with Gasteiger partial charge >= 0.3 is 0 Å². The summed E-state index contributed by atoms with van der Waals surface area (Å²) in [5.74, 6) is 0.178. The number of thiophene rings is 1. The largest absolute Gasteiger partial charge is 0.495 e. The van der Waals surface area contributed by atoms with E-state index >= 15 is 0 Å². The highest BCUT2D eigenvalue weighted by atomic mass is 32.1. The lowest BCUT2D eigenvalue weighted by Crippen LogP contribution is -2.22. The monoisotopic (exact) mass is 280 g/mol. The predicted molar refractivity (Wildman–Crippen MR) is 78.4 cm³/mol. The third-order valence-electron chi connectivity index (χ3n) is 2.95. The van der Waals surface area contributed by atoms with E-state index in [9.17, 15) is 4.39 Å². The van der Waals surface area contributed by atoms with Crippen LogP contribution >= 0.6 is 11.3 Å². The average molecular weight is 280 g/mol. The lowest BCUT2D eigenvalue weighted by molar-refractivity contribution is 0.416. The molecule has 3 nitrogen and oxygen atoms in total. The van der Waals surface area contributed by atoms with Gasteiger partial charge in [-0.3, -0.25) is 0 Å². The van der Waals surface area contributed by atoms with Gasteiger partial charge in [0, 0.05) is 23.6 Å². The van der Waals surface area contributed by atoms with Crippen LogP contribution in [0.4, 0.5) is 15.8 Å². The number of hydrogen-bond donors (Lipinski definition) is 1. The van der Waals surface area contributed by atoms with Gasteiger partial charge in [0.1, 0.15) is 11.6 Å². The molecule has 102 valence electrons. The highest BCUT2D eigenvalue weighted by Crippen LogP contribution is 2.31. The first-order valence-electron chi connectivity index (χ1n) is 6.06. The zero-order valence-corrected chi connectivity index (χ0v) is 11.8. The van der Waals surface area contributed by atoms with Gasteiger partial charge in [-0.15, -0.1) is 11.3 Å². The Morgan fingerprint density at radius 3 is 2.79 bits per heavy atom. The SMILES string of the molecule is CCN(Cc1cccs1)c1cc(OC)c(N)cc1F. The Bertz CT molecular complexity index is 543. The van der Waals surface area contributed by atoms with Gasteiger partial charge in [0.15, 0.2) is 0 Å². The number of benzene rings is 1. The van der Waals surface area contributed by atoms with E-state index in [2.05, 4.69) is 0 Å². The van der Waals surface area contributed by atoms with Crippen LogP contribution in [0.15, 0.2) is 29.6 Å². The molecule has 0 radical (unpaired) electrons. The van der Waals surface area contributed by atoms with Crippen molar-refractivity contribution in [1.29, 1.82) is 0 Å². The number of methoxy groups -OCH3 is 1. The third-order valence-corrected chi connectivity index (χ3v) is 3.81. The summed E-state index contributed by atoms with van der Waals surface area (Å²) >= 11 is 1.66. The van der Waals surface area contributed by atoms with Crippen LogP contribution < -0.4 is 15.4 Å². The topological polar surface area (TPSA) is 38.5 Å². The fraction of sp³-hybridized carbons (Fsp3) is 0.286. The summed E-state index contributed by atoms with van der Waals surface area (Å²) in [6.07, 6.45) is 0. The molecule has 0 atom stereocenters. The van der Waals surface area contributed by atoms with Gasteiger partial charge in [-0.25, -0.2) is 4.39 Å². The van der Waals surface area contributed by atoms with Gasteiger partial charge in [-0.05, 0) is 18.4 Å². The maximum Gasteiger partial charge on any atom is 0.148 e. The van der Waals surface area contributed by atoms with Crippen LogP contribution in [0, 0.1) is 5.82 Å². The van der Waals surface area contributed by atoms with E-state index in [-0.39, 0.29) is 5.82 Å². The van der Waals surface area contributed by atoms with Gasteiger partial charge in [-0.2, -0.15) is 0 Å². The molecule has 0 fully saturated rings. The molecular formula is C14H17FN2OS. The Morgan fingerprint density at radius 1 is 1.42 bits per heavy atom. The Morgan fingerprint density at radius 2 is 2.21 bits per heavy atom. The third kappa shape index (κ3) is 2.98. The average Bonchev–Trinajstić information content (AvgIpc) is 2.89. The van der Waals surface area contributed by atoms with Crippen LogP contribution in [0.5, 0.6) is 5.75 Å². The van der Waals surface area contributed by atoms with Crippen LogP contribution in [0.1, 0.15) is 11.8 Å². The molecule has 0 aliphatic heterocycles. The van der Waals surface area contributed by atoms with Crippen molar-refractivity contribution in [3.63, 3.8) is 0 Å². The number of halogens is 1. The molecule has 0 aliphatic carbocycles. The summed E-state index contributed by atoms with van der Waals surface area (Å²) in [4.78, 5) is 3.15. The van der Waals surface area contributed by atoms with Crippen molar-refractivity contribution in [3.8, 4) is 5.75 Å². The molecule has 19 heavy (non-hydrogen) atoms. The fourth-order valence-corrected chi connectivity index (χ4v) is 2.65. The predicted octanol–water partition coefficient (Wildman–Crippen LogP) is 3.50. The van der Waals surface area contributed by atoms with E-state index in [0.29, 0.717) is 30.2 Å². The van der Waals surface area contributed by atoms with Crippen LogP contribution in [-0.2, 0) is 6.54 Å². The minimum atomic E-state index is -0.322. The number of nitrogens with zero attached hydrogens (tertiary/aromatic N) is 1. The Labute approximate surface area is 116 Å². The van der Waals surface area contributed by atoms with Gasteiger partial charge < -0.3 is 15.4 Å². The minimum Gasteiger partial charge on any atom is -0.495 e. The Kier molecular flexibility index (Phi) is 4.27. The molecule has 1 heterocycles. The molecule has 1 aromatic carbocycles. The van der Waals surface area contributed by atoms with Crippen LogP contribution in [0.2, 0.25) is 0 Å². The van der Waals surface area contributed by atoms with Gasteiger partial charge in [0.2, 0.25) is 0 Å². The van der Waals surface area contributed by atoms with Gasteiger partial charge in [0.05, 0.1) is 25.0 Å². The first-order valence-corrected chi connectivity index (χ1v) is 6.94. The van der Waals surface area contributed by atoms with Crippen molar-refractivity contribution in [1.82, 2.24) is 0 Å². The second kappa shape index (κ2) is 5.93. The van der Waals surface area contributed by atoms with Crippen molar-refractivity contribution in [3.05, 3.63) is 40.3 Å². The quantitative estimate of drug-likeness (QED) is 0.852. The van der Waals surface area contributed by atoms with Crippen molar-refractivity contribution in [2.45, 2.75) is 13.5 Å². The molecule has 0 amide bonds. The molecule has 2 rings (SSSR count). The maximum absolute atomic E-state index is 14.1. The zero-order valence-electron chi connectivity index (χ0n) is 11.0. The van der Waals surface area contributed by atoms with Crippen molar-refractivity contribution in [2.24, 2.45) is 0 Å². The van der Waals surface area contributed by atoms with E-state index in [1.807, 2.05) is 29.3 Å². The number of nitrogen functional groups attached to an aromatic ring is 1. The molecule has 2 aromatic rings.